The maximum Gasteiger partial charge on any atom is 0.345 e. The van der Waals surface area contributed by atoms with Gasteiger partial charge in [-0.15, -0.1) is 11.3 Å². The zero-order valence-corrected chi connectivity index (χ0v) is 13.0. The largest absolute Gasteiger partial charge is 0.477 e. The molecule has 2 heterocycles. The van der Waals surface area contributed by atoms with Gasteiger partial charge in [-0.05, 0) is 22.0 Å². The van der Waals surface area contributed by atoms with Crippen LogP contribution in [0, 0.1) is 0 Å². The van der Waals surface area contributed by atoms with E-state index in [4.69, 9.17) is 9.63 Å². The van der Waals surface area contributed by atoms with Crippen LogP contribution in [-0.4, -0.2) is 36.2 Å². The lowest BCUT2D eigenvalue weighted by Crippen LogP contribution is -2.26. The molecule has 0 spiro atoms. The molecule has 0 atom stereocenters. The van der Waals surface area contributed by atoms with Crippen LogP contribution in [0.15, 0.2) is 25.6 Å². The zero-order valence-electron chi connectivity index (χ0n) is 9.74. The van der Waals surface area contributed by atoms with E-state index in [0.717, 1.165) is 17.4 Å². The topological polar surface area (TPSA) is 122 Å². The van der Waals surface area contributed by atoms with E-state index in [-0.39, 0.29) is 26.5 Å². The number of nitrogens with one attached hydrogen (secondary N) is 1. The molecule has 108 valence electrons. The Bertz CT molecular complexity index is 710. The summed E-state index contributed by atoms with van der Waals surface area (Å²) in [6.45, 7) is 0.0647. The lowest BCUT2D eigenvalue weighted by atomic mass is 10.4. The highest BCUT2D eigenvalue weighted by Crippen LogP contribution is 2.31. The van der Waals surface area contributed by atoms with Crippen LogP contribution >= 0.6 is 27.3 Å². The third-order valence-electron chi connectivity index (χ3n) is 2.19. The first kappa shape index (κ1) is 15.1. The van der Waals surface area contributed by atoms with Gasteiger partial charge < -0.3 is 9.63 Å². The van der Waals surface area contributed by atoms with E-state index < -0.39 is 16.0 Å². The van der Waals surface area contributed by atoms with E-state index in [2.05, 4.69) is 30.8 Å². The number of aromatic nitrogens is 2. The predicted octanol–water partition coefficient (Wildman–Crippen LogP) is 1.11. The summed E-state index contributed by atoms with van der Waals surface area (Å²) in [4.78, 5) is 14.4. The smallest absolute Gasteiger partial charge is 0.345 e. The van der Waals surface area contributed by atoms with E-state index in [1.54, 1.807) is 0 Å². The number of carboxylic acids is 1. The summed E-state index contributed by atoms with van der Waals surface area (Å²) >= 11 is 3.88. The van der Waals surface area contributed by atoms with Crippen LogP contribution in [0.25, 0.3) is 0 Å². The molecule has 8 nitrogen and oxygen atoms in total. The Kier molecular flexibility index (Phi) is 4.52. The van der Waals surface area contributed by atoms with Crippen molar-refractivity contribution in [3.05, 3.63) is 26.9 Å². The number of carbonyl (C=O) groups is 1. The Morgan fingerprint density at radius 3 is 2.85 bits per heavy atom. The molecule has 0 aromatic carbocycles. The molecule has 2 N–H and O–H groups in total. The van der Waals surface area contributed by atoms with Crippen LogP contribution in [0.2, 0.25) is 0 Å². The first-order valence-corrected chi connectivity index (χ1v) is 8.27. The molecular weight excluding hydrogens is 374 g/mol. The van der Waals surface area contributed by atoms with E-state index in [1.165, 1.54) is 6.33 Å². The summed E-state index contributed by atoms with van der Waals surface area (Å²) in [6.07, 6.45) is 1.46. The highest BCUT2D eigenvalue weighted by molar-refractivity contribution is 9.11. The third kappa shape index (κ3) is 3.42. The molecule has 0 unspecified atom stereocenters. The average molecular weight is 382 g/mol. The highest BCUT2D eigenvalue weighted by Gasteiger charge is 2.22. The number of halogens is 1. The molecule has 0 saturated carbocycles. The van der Waals surface area contributed by atoms with Crippen molar-refractivity contribution < 1.29 is 22.8 Å². The standard InChI is InChI=1S/C9H8BrN3O5S2/c10-8-6(3-5(19-8)9(14)15)20(16,17)13-2-1-7-11-4-12-18-7/h3-4,13H,1-2H2,(H,14,15). The van der Waals surface area contributed by atoms with E-state index in [9.17, 15) is 13.2 Å². The van der Waals surface area contributed by atoms with E-state index in [0.29, 0.717) is 5.89 Å². The Balaban J connectivity index is 2.08. The minimum Gasteiger partial charge on any atom is -0.477 e. The van der Waals surface area contributed by atoms with Gasteiger partial charge in [0.15, 0.2) is 6.33 Å². The molecule has 0 radical (unpaired) electrons. The van der Waals surface area contributed by atoms with Gasteiger partial charge >= 0.3 is 5.97 Å². The zero-order chi connectivity index (χ0) is 14.8. The van der Waals surface area contributed by atoms with Crippen molar-refractivity contribution in [1.29, 1.82) is 0 Å². The summed E-state index contributed by atoms with van der Waals surface area (Å²) in [5, 5.41) is 12.2. The number of sulfonamides is 1. The van der Waals surface area contributed by atoms with Crippen LogP contribution in [0.3, 0.4) is 0 Å². The quantitative estimate of drug-likeness (QED) is 0.767. The second-order valence-corrected chi connectivity index (χ2v) is 7.64. The average Bonchev–Trinajstić information content (AvgIpc) is 2.98. The molecular formula is C9H8BrN3O5S2. The summed E-state index contributed by atoms with van der Waals surface area (Å²) in [6, 6.07) is 1.10. The van der Waals surface area contributed by atoms with Crippen LogP contribution in [0.5, 0.6) is 0 Å². The molecule has 2 aromatic rings. The first-order valence-electron chi connectivity index (χ1n) is 5.18. The van der Waals surface area contributed by atoms with Crippen molar-refractivity contribution in [2.45, 2.75) is 11.3 Å². The van der Waals surface area contributed by atoms with Gasteiger partial charge in [0.1, 0.15) is 9.77 Å². The van der Waals surface area contributed by atoms with Gasteiger partial charge in [0.2, 0.25) is 15.9 Å². The van der Waals surface area contributed by atoms with Gasteiger partial charge in [0.25, 0.3) is 0 Å². The van der Waals surface area contributed by atoms with Crippen LogP contribution in [0.4, 0.5) is 0 Å². The lowest BCUT2D eigenvalue weighted by Gasteiger charge is -2.03. The molecule has 11 heteroatoms. The van der Waals surface area contributed by atoms with E-state index >= 15 is 0 Å². The Hall–Kier alpha value is -1.30. The molecule has 20 heavy (non-hydrogen) atoms. The van der Waals surface area contributed by atoms with Crippen LogP contribution < -0.4 is 4.72 Å². The number of hydrogen-bond donors (Lipinski definition) is 2. The Morgan fingerprint density at radius 1 is 1.55 bits per heavy atom. The SMILES string of the molecule is O=C(O)c1cc(S(=O)(=O)NCCc2ncno2)c(Br)s1. The molecule has 0 aliphatic heterocycles. The summed E-state index contributed by atoms with van der Waals surface area (Å²) < 4.78 is 31.4. The van der Waals surface area contributed by atoms with E-state index in [1.807, 2.05) is 0 Å². The molecule has 2 rings (SSSR count). The monoisotopic (exact) mass is 381 g/mol. The minimum atomic E-state index is -3.80. The molecule has 2 aromatic heterocycles. The number of carboxylic acid groups (broad SMARTS) is 1. The molecule has 0 amide bonds. The fourth-order valence-electron chi connectivity index (χ4n) is 1.32. The lowest BCUT2D eigenvalue weighted by molar-refractivity contribution is 0.0702. The second-order valence-electron chi connectivity index (χ2n) is 3.54. The summed E-state index contributed by atoms with van der Waals surface area (Å²) in [7, 11) is -3.80. The molecule has 0 saturated heterocycles. The fourth-order valence-corrected chi connectivity index (χ4v) is 4.75. The van der Waals surface area contributed by atoms with Gasteiger partial charge in [-0.3, -0.25) is 0 Å². The molecule has 0 fully saturated rings. The van der Waals surface area contributed by atoms with Crippen molar-refractivity contribution in [2.24, 2.45) is 0 Å². The molecule has 0 bridgehead atoms. The van der Waals surface area contributed by atoms with Gasteiger partial charge in [-0.1, -0.05) is 5.16 Å². The summed E-state index contributed by atoms with van der Waals surface area (Å²) in [5.41, 5.74) is 0. The normalized spacial score (nSPS) is 11.7. The number of aromatic carboxylic acids is 1. The second kappa shape index (κ2) is 5.99. The van der Waals surface area contributed by atoms with Crippen molar-refractivity contribution >= 4 is 43.3 Å². The number of thiophene rings is 1. The maximum absolute atomic E-state index is 12.0. The Morgan fingerprint density at radius 2 is 2.30 bits per heavy atom. The third-order valence-corrected chi connectivity index (χ3v) is 5.89. The first-order chi connectivity index (χ1) is 9.40. The van der Waals surface area contributed by atoms with Gasteiger partial charge in [0.05, 0.1) is 3.79 Å². The van der Waals surface area contributed by atoms with Crippen molar-refractivity contribution in [3.8, 4) is 0 Å². The van der Waals surface area contributed by atoms with Crippen LogP contribution in [0.1, 0.15) is 15.6 Å². The van der Waals surface area contributed by atoms with Crippen molar-refractivity contribution in [3.63, 3.8) is 0 Å². The maximum atomic E-state index is 12.0. The number of rotatable bonds is 6. The van der Waals surface area contributed by atoms with Gasteiger partial charge in [-0.2, -0.15) is 4.98 Å². The van der Waals surface area contributed by atoms with Gasteiger partial charge in [-0.25, -0.2) is 17.9 Å². The highest BCUT2D eigenvalue weighted by atomic mass is 79.9. The van der Waals surface area contributed by atoms with Crippen LogP contribution in [-0.2, 0) is 16.4 Å². The number of hydrogen-bond acceptors (Lipinski definition) is 7. The number of nitrogens with zero attached hydrogens (tertiary/aromatic N) is 2. The Labute approximate surface area is 126 Å². The fraction of sp³-hybridized carbons (Fsp3) is 0.222. The molecule has 0 aliphatic rings. The van der Waals surface area contributed by atoms with Crippen molar-refractivity contribution in [1.82, 2.24) is 14.9 Å². The minimum absolute atomic E-state index is 0.0610. The van der Waals surface area contributed by atoms with Gasteiger partial charge in [0, 0.05) is 13.0 Å². The predicted molar refractivity (Wildman–Crippen MR) is 72.2 cm³/mol. The summed E-state index contributed by atoms with van der Waals surface area (Å²) in [5.74, 6) is -0.869. The molecule has 0 aliphatic carbocycles. The van der Waals surface area contributed by atoms with Crippen molar-refractivity contribution in [2.75, 3.05) is 6.54 Å².